The largest absolute Gasteiger partial charge is 0.486 e. The van der Waals surface area contributed by atoms with Crippen LogP contribution in [0.25, 0.3) is 39.2 Å². The number of carboxylic acids is 1. The maximum absolute atomic E-state index is 11.3. The van der Waals surface area contributed by atoms with Crippen LogP contribution >= 0.6 is 0 Å². The van der Waals surface area contributed by atoms with Crippen LogP contribution in [0.1, 0.15) is 17.5 Å². The average molecular weight is 532 g/mol. The van der Waals surface area contributed by atoms with Gasteiger partial charge in [0.1, 0.15) is 24.9 Å². The molecule has 0 saturated carbocycles. The molecule has 2 aromatic heterocycles. The van der Waals surface area contributed by atoms with Gasteiger partial charge in [0.25, 0.3) is 0 Å². The van der Waals surface area contributed by atoms with Gasteiger partial charge in [-0.3, -0.25) is 14.1 Å². The predicted octanol–water partition coefficient (Wildman–Crippen LogP) is 6.07. The zero-order chi connectivity index (χ0) is 27.2. The maximum Gasteiger partial charge on any atom is 0.320 e. The van der Waals surface area contributed by atoms with E-state index in [4.69, 9.17) is 14.5 Å². The Kier molecular flexibility index (Phi) is 6.01. The number of aromatic nitrogens is 2. The number of rotatable bonds is 6. The molecule has 2 aliphatic heterocycles. The lowest BCUT2D eigenvalue weighted by Gasteiger charge is -2.37. The first-order chi connectivity index (χ1) is 19.5. The Labute approximate surface area is 232 Å². The lowest BCUT2D eigenvalue weighted by Crippen LogP contribution is -2.51. The standard InChI is InChI=1S/C33H29N3O4/c1-21-26(24-9-10-30-31(17-24)40-16-15-39-30)3-2-4-27(21)25-11-14-36-29(19-34-32(36)18-25)23-7-5-22(6-8-23)20-35-13-12-28(35)33(37)38/h2-11,14,17-19,28H,12-13,15-16,20H2,1H3,(H,37,38)/t28-/m1/s1. The second kappa shape index (κ2) is 9.84. The Morgan fingerprint density at radius 2 is 1.65 bits per heavy atom. The topological polar surface area (TPSA) is 76.3 Å². The molecule has 0 aliphatic carbocycles. The normalized spacial score (nSPS) is 16.6. The van der Waals surface area contributed by atoms with Gasteiger partial charge >= 0.3 is 5.97 Å². The molecule has 4 heterocycles. The lowest BCUT2D eigenvalue weighted by molar-refractivity contribution is -0.148. The van der Waals surface area contributed by atoms with E-state index in [-0.39, 0.29) is 6.04 Å². The molecule has 7 heteroatoms. The smallest absolute Gasteiger partial charge is 0.320 e. The molecular weight excluding hydrogens is 502 g/mol. The van der Waals surface area contributed by atoms with Crippen molar-refractivity contribution in [1.82, 2.24) is 14.3 Å². The average Bonchev–Trinajstić information content (AvgIpc) is 3.38. The molecule has 5 aromatic rings. The number of carboxylic acid groups (broad SMARTS) is 1. The minimum absolute atomic E-state index is 0.362. The third-order valence-corrected chi connectivity index (χ3v) is 8.06. The fourth-order valence-electron chi connectivity index (χ4n) is 5.76. The van der Waals surface area contributed by atoms with Crippen LogP contribution in [0.2, 0.25) is 0 Å². The maximum atomic E-state index is 11.3. The molecule has 1 fully saturated rings. The molecule has 3 aromatic carbocycles. The first-order valence-electron chi connectivity index (χ1n) is 13.6. The summed E-state index contributed by atoms with van der Waals surface area (Å²) in [4.78, 5) is 18.0. The van der Waals surface area contributed by atoms with Crippen LogP contribution < -0.4 is 9.47 Å². The molecule has 0 unspecified atom stereocenters. The molecule has 0 amide bonds. The van der Waals surface area contributed by atoms with E-state index in [2.05, 4.69) is 84.3 Å². The Morgan fingerprint density at radius 1 is 0.925 bits per heavy atom. The highest BCUT2D eigenvalue weighted by Gasteiger charge is 2.33. The molecule has 0 bridgehead atoms. The molecule has 1 saturated heterocycles. The second-order valence-corrected chi connectivity index (χ2v) is 10.4. The van der Waals surface area contributed by atoms with Gasteiger partial charge in [0.2, 0.25) is 0 Å². The number of likely N-dealkylation sites (tertiary alicyclic amines) is 1. The van der Waals surface area contributed by atoms with Gasteiger partial charge in [-0.2, -0.15) is 0 Å². The van der Waals surface area contributed by atoms with Gasteiger partial charge in [-0.15, -0.1) is 0 Å². The Morgan fingerprint density at radius 3 is 2.38 bits per heavy atom. The molecule has 1 atom stereocenters. The SMILES string of the molecule is Cc1c(-c2ccc3c(c2)OCCO3)cccc1-c1ccn2c(-c3ccc(CN4CC[C@@H]4C(=O)O)cc3)cnc2c1. The zero-order valence-corrected chi connectivity index (χ0v) is 22.2. The number of carbonyl (C=O) groups is 1. The third kappa shape index (κ3) is 4.28. The van der Waals surface area contributed by atoms with Gasteiger partial charge in [0.05, 0.1) is 11.9 Å². The fourth-order valence-corrected chi connectivity index (χ4v) is 5.76. The number of ether oxygens (including phenoxy) is 2. The minimum Gasteiger partial charge on any atom is -0.486 e. The predicted molar refractivity (Wildman–Crippen MR) is 154 cm³/mol. The van der Waals surface area contributed by atoms with Crippen molar-refractivity contribution < 1.29 is 19.4 Å². The van der Waals surface area contributed by atoms with Crippen LogP contribution in [0, 0.1) is 6.92 Å². The number of fused-ring (bicyclic) bond motifs is 2. The minimum atomic E-state index is -0.738. The monoisotopic (exact) mass is 531 g/mol. The number of hydrogen-bond donors (Lipinski definition) is 1. The van der Waals surface area contributed by atoms with Crippen LogP contribution in [0.15, 0.2) is 85.2 Å². The molecule has 200 valence electrons. The number of nitrogens with zero attached hydrogens (tertiary/aromatic N) is 3. The van der Waals surface area contributed by atoms with E-state index < -0.39 is 5.97 Å². The highest BCUT2D eigenvalue weighted by molar-refractivity contribution is 5.81. The summed E-state index contributed by atoms with van der Waals surface area (Å²) in [6.07, 6.45) is 4.70. The van der Waals surface area contributed by atoms with Crippen molar-refractivity contribution in [3.8, 4) is 45.0 Å². The van der Waals surface area contributed by atoms with Crippen molar-refractivity contribution in [1.29, 1.82) is 0 Å². The summed E-state index contributed by atoms with van der Waals surface area (Å²) in [6, 6.07) is 24.7. The summed E-state index contributed by atoms with van der Waals surface area (Å²) in [7, 11) is 0. The van der Waals surface area contributed by atoms with E-state index in [1.165, 1.54) is 5.56 Å². The third-order valence-electron chi connectivity index (χ3n) is 8.06. The first kappa shape index (κ1) is 24.4. The highest BCUT2D eigenvalue weighted by atomic mass is 16.6. The molecule has 2 aliphatic rings. The Hall–Kier alpha value is -4.62. The summed E-state index contributed by atoms with van der Waals surface area (Å²) in [5.74, 6) is 0.845. The van der Waals surface area contributed by atoms with Crippen LogP contribution in [-0.2, 0) is 11.3 Å². The van der Waals surface area contributed by atoms with Gasteiger partial charge in [-0.25, -0.2) is 4.98 Å². The van der Waals surface area contributed by atoms with E-state index in [0.717, 1.165) is 69.2 Å². The van der Waals surface area contributed by atoms with Crippen LogP contribution in [-0.4, -0.2) is 51.2 Å². The molecule has 0 radical (unpaired) electrons. The number of benzene rings is 3. The van der Waals surface area contributed by atoms with Gasteiger partial charge in [0.15, 0.2) is 11.5 Å². The molecular formula is C33H29N3O4. The van der Waals surface area contributed by atoms with E-state index in [0.29, 0.717) is 19.8 Å². The quantitative estimate of drug-likeness (QED) is 0.287. The number of hydrogen-bond acceptors (Lipinski definition) is 5. The molecule has 1 N–H and O–H groups in total. The van der Waals surface area contributed by atoms with E-state index in [1.54, 1.807) is 0 Å². The summed E-state index contributed by atoms with van der Waals surface area (Å²) < 4.78 is 13.6. The Balaban J connectivity index is 1.15. The van der Waals surface area contributed by atoms with Crippen molar-refractivity contribution in [3.05, 3.63) is 96.3 Å². The van der Waals surface area contributed by atoms with Gasteiger partial charge in [0, 0.05) is 24.8 Å². The number of pyridine rings is 1. The zero-order valence-electron chi connectivity index (χ0n) is 22.2. The van der Waals surface area contributed by atoms with Crippen molar-refractivity contribution in [3.63, 3.8) is 0 Å². The molecule has 40 heavy (non-hydrogen) atoms. The number of aliphatic carboxylic acids is 1. The van der Waals surface area contributed by atoms with E-state index >= 15 is 0 Å². The van der Waals surface area contributed by atoms with Crippen molar-refractivity contribution in [2.45, 2.75) is 25.9 Å². The van der Waals surface area contributed by atoms with Gasteiger partial charge < -0.3 is 14.6 Å². The summed E-state index contributed by atoms with van der Waals surface area (Å²) in [5, 5.41) is 9.30. The van der Waals surface area contributed by atoms with E-state index in [9.17, 15) is 9.90 Å². The lowest BCUT2D eigenvalue weighted by atomic mass is 9.93. The summed E-state index contributed by atoms with van der Waals surface area (Å²) in [6.45, 7) is 4.78. The van der Waals surface area contributed by atoms with Gasteiger partial charge in [-0.1, -0.05) is 48.5 Å². The first-order valence-corrected chi connectivity index (χ1v) is 13.6. The molecule has 7 rings (SSSR count). The van der Waals surface area contributed by atoms with Gasteiger partial charge in [-0.05, 0) is 71.0 Å². The van der Waals surface area contributed by atoms with Crippen LogP contribution in [0.5, 0.6) is 11.5 Å². The Bertz CT molecular complexity index is 1740. The van der Waals surface area contributed by atoms with Crippen LogP contribution in [0.4, 0.5) is 0 Å². The second-order valence-electron chi connectivity index (χ2n) is 10.4. The molecule has 7 nitrogen and oxygen atoms in total. The fraction of sp³-hybridized carbons (Fsp3) is 0.212. The molecule has 0 spiro atoms. The van der Waals surface area contributed by atoms with Crippen molar-refractivity contribution >= 4 is 11.6 Å². The highest BCUT2D eigenvalue weighted by Crippen LogP contribution is 2.38. The summed E-state index contributed by atoms with van der Waals surface area (Å²) in [5.41, 5.74) is 9.80. The van der Waals surface area contributed by atoms with Crippen molar-refractivity contribution in [2.75, 3.05) is 19.8 Å². The number of imidazole rings is 1. The van der Waals surface area contributed by atoms with Crippen LogP contribution in [0.3, 0.4) is 0 Å². The summed E-state index contributed by atoms with van der Waals surface area (Å²) >= 11 is 0. The van der Waals surface area contributed by atoms with E-state index in [1.807, 2.05) is 17.2 Å². The van der Waals surface area contributed by atoms with Crippen molar-refractivity contribution in [2.24, 2.45) is 0 Å².